The van der Waals surface area contributed by atoms with Crippen LogP contribution in [-0.2, 0) is 14.4 Å². The Morgan fingerprint density at radius 2 is 1.89 bits per heavy atom. The third-order valence-corrected chi connectivity index (χ3v) is 6.69. The third kappa shape index (κ3) is 5.32. The van der Waals surface area contributed by atoms with Crippen molar-refractivity contribution >= 4 is 46.5 Å². The summed E-state index contributed by atoms with van der Waals surface area (Å²) in [4.78, 5) is 53.3. The largest absolute Gasteiger partial charge is 0.497 e. The summed E-state index contributed by atoms with van der Waals surface area (Å²) in [6, 6.07) is 14.4. The Labute approximate surface area is 207 Å². The van der Waals surface area contributed by atoms with Crippen LogP contribution in [0.2, 0.25) is 0 Å². The van der Waals surface area contributed by atoms with Gasteiger partial charge in [-0.15, -0.1) is 0 Å². The molecule has 2 aromatic carbocycles. The van der Waals surface area contributed by atoms with Gasteiger partial charge in [0.05, 0.1) is 30.7 Å². The summed E-state index contributed by atoms with van der Waals surface area (Å²) < 4.78 is 10.6. The zero-order valence-corrected chi connectivity index (χ0v) is 20.2. The van der Waals surface area contributed by atoms with E-state index in [1.165, 1.54) is 19.1 Å². The van der Waals surface area contributed by atoms with Gasteiger partial charge in [0.25, 0.3) is 11.1 Å². The first-order valence-corrected chi connectivity index (χ1v) is 11.8. The van der Waals surface area contributed by atoms with Crippen LogP contribution >= 0.6 is 11.8 Å². The number of nitrogens with one attached hydrogen (secondary N) is 1. The van der Waals surface area contributed by atoms with Crippen LogP contribution in [0.5, 0.6) is 11.5 Å². The van der Waals surface area contributed by atoms with E-state index in [1.54, 1.807) is 24.3 Å². The second kappa shape index (κ2) is 10.6. The number of rotatable bonds is 8. The number of amides is 4. The smallest absolute Gasteiger partial charge is 0.293 e. The predicted molar refractivity (Wildman–Crippen MR) is 132 cm³/mol. The highest BCUT2D eigenvalue weighted by molar-refractivity contribution is 8.18. The molecule has 35 heavy (non-hydrogen) atoms. The van der Waals surface area contributed by atoms with Crippen LogP contribution < -0.4 is 19.7 Å². The first kappa shape index (κ1) is 24.3. The lowest BCUT2D eigenvalue weighted by molar-refractivity contribution is -0.127. The Hall–Kier alpha value is -3.79. The van der Waals surface area contributed by atoms with Crippen LogP contribution in [0.1, 0.15) is 12.0 Å². The molecule has 2 aromatic rings. The van der Waals surface area contributed by atoms with Crippen LogP contribution in [-0.4, -0.2) is 61.7 Å². The van der Waals surface area contributed by atoms with Gasteiger partial charge in [0.15, 0.2) is 0 Å². The van der Waals surface area contributed by atoms with Gasteiger partial charge in [0.1, 0.15) is 11.5 Å². The molecule has 0 spiro atoms. The van der Waals surface area contributed by atoms with Crippen molar-refractivity contribution in [2.75, 3.05) is 38.8 Å². The number of benzene rings is 2. The van der Waals surface area contributed by atoms with E-state index in [0.717, 1.165) is 22.2 Å². The van der Waals surface area contributed by atoms with Gasteiger partial charge in [-0.25, -0.2) is 0 Å². The Bertz CT molecular complexity index is 1180. The molecule has 4 rings (SSSR count). The Kier molecular flexibility index (Phi) is 7.40. The summed E-state index contributed by atoms with van der Waals surface area (Å²) >= 11 is 0.879. The number of anilines is 1. The monoisotopic (exact) mass is 495 g/mol. The van der Waals surface area contributed by atoms with E-state index in [0.29, 0.717) is 22.1 Å². The summed E-state index contributed by atoms with van der Waals surface area (Å²) in [5.74, 6) is -0.362. The van der Waals surface area contributed by atoms with Crippen molar-refractivity contribution in [3.63, 3.8) is 0 Å². The molecule has 1 atom stereocenters. The van der Waals surface area contributed by atoms with Gasteiger partial charge in [-0.1, -0.05) is 30.3 Å². The molecular weight excluding hydrogens is 470 g/mol. The molecule has 4 amide bonds. The van der Waals surface area contributed by atoms with Gasteiger partial charge in [-0.05, 0) is 35.5 Å². The number of ether oxygens (including phenoxy) is 2. The SMILES string of the molecule is COc1ccc(N2CC(C(=O)NCCN3C(=O)SC(=Cc4ccccc4)C3=O)CC2=O)c(OC)c1. The van der Waals surface area contributed by atoms with Crippen LogP contribution in [0.15, 0.2) is 53.4 Å². The molecule has 1 N–H and O–H groups in total. The molecule has 0 saturated carbocycles. The number of hydrogen-bond acceptors (Lipinski definition) is 7. The fraction of sp³-hybridized carbons (Fsp3) is 0.280. The highest BCUT2D eigenvalue weighted by atomic mass is 32.2. The van der Waals surface area contributed by atoms with Crippen molar-refractivity contribution < 1.29 is 28.7 Å². The fourth-order valence-corrected chi connectivity index (χ4v) is 4.82. The molecule has 2 heterocycles. The number of thioether (sulfide) groups is 1. The van der Waals surface area contributed by atoms with Crippen LogP contribution in [0, 0.1) is 5.92 Å². The van der Waals surface area contributed by atoms with E-state index in [1.807, 2.05) is 30.3 Å². The fourth-order valence-electron chi connectivity index (χ4n) is 3.95. The molecule has 10 heteroatoms. The molecule has 2 fully saturated rings. The van der Waals surface area contributed by atoms with Gasteiger partial charge in [-0.2, -0.15) is 0 Å². The molecule has 0 aromatic heterocycles. The number of imide groups is 1. The first-order chi connectivity index (χ1) is 16.9. The number of hydrogen-bond donors (Lipinski definition) is 1. The van der Waals surface area contributed by atoms with Gasteiger partial charge < -0.3 is 19.7 Å². The molecule has 2 aliphatic rings. The second-order valence-electron chi connectivity index (χ2n) is 7.98. The van der Waals surface area contributed by atoms with Crippen molar-refractivity contribution in [1.29, 1.82) is 0 Å². The summed E-state index contributed by atoms with van der Waals surface area (Å²) in [5, 5.41) is 2.38. The van der Waals surface area contributed by atoms with Crippen molar-refractivity contribution in [1.82, 2.24) is 10.2 Å². The molecule has 0 radical (unpaired) electrons. The lowest BCUT2D eigenvalue weighted by atomic mass is 10.1. The number of nitrogens with zero attached hydrogens (tertiary/aromatic N) is 2. The normalized spacial score (nSPS) is 19.0. The Morgan fingerprint density at radius 1 is 1.11 bits per heavy atom. The van der Waals surface area contributed by atoms with Crippen molar-refractivity contribution in [2.24, 2.45) is 5.92 Å². The molecule has 2 saturated heterocycles. The van der Waals surface area contributed by atoms with Gasteiger partial charge in [0, 0.05) is 32.1 Å². The van der Waals surface area contributed by atoms with Crippen molar-refractivity contribution in [3.05, 3.63) is 59.0 Å². The Morgan fingerprint density at radius 3 is 2.60 bits per heavy atom. The average Bonchev–Trinajstić information content (AvgIpc) is 3.38. The first-order valence-electron chi connectivity index (χ1n) is 11.0. The number of carbonyl (C=O) groups is 4. The quantitative estimate of drug-likeness (QED) is 0.562. The second-order valence-corrected chi connectivity index (χ2v) is 8.97. The predicted octanol–water partition coefficient (Wildman–Crippen LogP) is 2.91. The summed E-state index contributed by atoms with van der Waals surface area (Å²) in [7, 11) is 3.04. The third-order valence-electron chi connectivity index (χ3n) is 5.78. The van der Waals surface area contributed by atoms with E-state index in [2.05, 4.69) is 5.32 Å². The van der Waals surface area contributed by atoms with Gasteiger partial charge in [0.2, 0.25) is 11.8 Å². The zero-order chi connectivity index (χ0) is 24.9. The maximum Gasteiger partial charge on any atom is 0.293 e. The van der Waals surface area contributed by atoms with Crippen molar-refractivity contribution in [2.45, 2.75) is 6.42 Å². The average molecular weight is 496 g/mol. The maximum atomic E-state index is 12.7. The lowest BCUT2D eigenvalue weighted by Gasteiger charge is -2.20. The molecule has 182 valence electrons. The molecule has 2 aliphatic heterocycles. The number of methoxy groups -OCH3 is 2. The lowest BCUT2D eigenvalue weighted by Crippen LogP contribution is -2.40. The minimum Gasteiger partial charge on any atom is -0.497 e. The highest BCUT2D eigenvalue weighted by Gasteiger charge is 2.37. The van der Waals surface area contributed by atoms with E-state index >= 15 is 0 Å². The topological polar surface area (TPSA) is 105 Å². The van der Waals surface area contributed by atoms with Crippen LogP contribution in [0.3, 0.4) is 0 Å². The van der Waals surface area contributed by atoms with Crippen LogP contribution in [0.25, 0.3) is 6.08 Å². The summed E-state index contributed by atoms with van der Waals surface area (Å²) in [6.45, 7) is 0.361. The molecular formula is C25H25N3O6S. The van der Waals surface area contributed by atoms with E-state index in [4.69, 9.17) is 9.47 Å². The van der Waals surface area contributed by atoms with E-state index in [-0.39, 0.29) is 49.0 Å². The zero-order valence-electron chi connectivity index (χ0n) is 19.4. The van der Waals surface area contributed by atoms with E-state index in [9.17, 15) is 19.2 Å². The standard InChI is InChI=1S/C25H25N3O6S/c1-33-18-8-9-19(20(14-18)34-2)28-15-17(13-22(28)29)23(30)26-10-11-27-24(31)21(35-25(27)32)12-16-6-4-3-5-7-16/h3-9,12,14,17H,10-11,13,15H2,1-2H3,(H,26,30). The van der Waals surface area contributed by atoms with Crippen molar-refractivity contribution in [3.8, 4) is 11.5 Å². The summed E-state index contributed by atoms with van der Waals surface area (Å²) in [6.07, 6.45) is 1.73. The highest BCUT2D eigenvalue weighted by Crippen LogP contribution is 2.36. The van der Waals surface area contributed by atoms with Crippen LogP contribution in [0.4, 0.5) is 10.5 Å². The molecule has 0 bridgehead atoms. The van der Waals surface area contributed by atoms with Gasteiger partial charge >= 0.3 is 0 Å². The molecule has 0 aliphatic carbocycles. The van der Waals surface area contributed by atoms with E-state index < -0.39 is 5.92 Å². The molecule has 1 unspecified atom stereocenters. The Balaban J connectivity index is 1.32. The minimum absolute atomic E-state index is 0.0548. The number of carbonyl (C=O) groups excluding carboxylic acids is 4. The van der Waals surface area contributed by atoms with Gasteiger partial charge in [-0.3, -0.25) is 24.1 Å². The summed E-state index contributed by atoms with van der Waals surface area (Å²) in [5.41, 5.74) is 1.40. The maximum absolute atomic E-state index is 12.7. The minimum atomic E-state index is -0.554. The molecule has 9 nitrogen and oxygen atoms in total.